The first-order valence-corrected chi connectivity index (χ1v) is 6.77. The van der Waals surface area contributed by atoms with Crippen LogP contribution in [0.5, 0.6) is 5.75 Å². The Morgan fingerprint density at radius 1 is 1.44 bits per heavy atom. The molecule has 1 saturated carbocycles. The summed E-state index contributed by atoms with van der Waals surface area (Å²) in [5, 5.41) is 0. The standard InChI is InChI=1S/C15H22FNO/c1-3-13(17)7-12-8-14(16)10(2)6-15(12)18-9-11-4-5-11/h6,8,11,13H,3-5,7,9,17H2,1-2H3. The fraction of sp³-hybridized carbons (Fsp3) is 0.600. The van der Waals surface area contributed by atoms with Crippen LogP contribution in [0.15, 0.2) is 12.1 Å². The molecule has 0 heterocycles. The highest BCUT2D eigenvalue weighted by Gasteiger charge is 2.22. The number of hydrogen-bond acceptors (Lipinski definition) is 2. The minimum atomic E-state index is -0.174. The molecule has 1 aromatic rings. The molecule has 2 N–H and O–H groups in total. The molecule has 1 aromatic carbocycles. The zero-order chi connectivity index (χ0) is 13.1. The van der Waals surface area contributed by atoms with E-state index < -0.39 is 0 Å². The lowest BCUT2D eigenvalue weighted by Gasteiger charge is -2.15. The van der Waals surface area contributed by atoms with Gasteiger partial charge in [0.25, 0.3) is 0 Å². The maximum absolute atomic E-state index is 13.6. The van der Waals surface area contributed by atoms with Gasteiger partial charge in [-0.3, -0.25) is 0 Å². The smallest absolute Gasteiger partial charge is 0.126 e. The molecule has 2 nitrogen and oxygen atoms in total. The fourth-order valence-electron chi connectivity index (χ4n) is 1.91. The van der Waals surface area contributed by atoms with Gasteiger partial charge in [-0.1, -0.05) is 6.92 Å². The maximum Gasteiger partial charge on any atom is 0.126 e. The monoisotopic (exact) mass is 251 g/mol. The van der Waals surface area contributed by atoms with Crippen molar-refractivity contribution in [2.24, 2.45) is 11.7 Å². The molecule has 1 aliphatic carbocycles. The molecule has 0 amide bonds. The first kappa shape index (κ1) is 13.3. The molecule has 1 atom stereocenters. The molecular weight excluding hydrogens is 229 g/mol. The maximum atomic E-state index is 13.6. The fourth-order valence-corrected chi connectivity index (χ4v) is 1.91. The number of nitrogens with two attached hydrogens (primary N) is 1. The Balaban J connectivity index is 2.14. The lowest BCUT2D eigenvalue weighted by Crippen LogP contribution is -2.22. The van der Waals surface area contributed by atoms with Crippen molar-refractivity contribution in [1.29, 1.82) is 0 Å². The Morgan fingerprint density at radius 2 is 2.17 bits per heavy atom. The predicted octanol–water partition coefficient (Wildman–Crippen LogP) is 3.20. The van der Waals surface area contributed by atoms with E-state index >= 15 is 0 Å². The zero-order valence-corrected chi connectivity index (χ0v) is 11.2. The van der Waals surface area contributed by atoms with E-state index in [1.54, 1.807) is 19.1 Å². The Labute approximate surface area is 108 Å². The minimum absolute atomic E-state index is 0.0652. The number of rotatable bonds is 6. The second-order valence-electron chi connectivity index (χ2n) is 5.34. The predicted molar refractivity (Wildman–Crippen MR) is 71.3 cm³/mol. The summed E-state index contributed by atoms with van der Waals surface area (Å²) < 4.78 is 19.4. The average Bonchev–Trinajstić information content (AvgIpc) is 3.15. The number of ether oxygens (including phenoxy) is 1. The van der Waals surface area contributed by atoms with Gasteiger partial charge in [0.1, 0.15) is 11.6 Å². The molecule has 0 aliphatic heterocycles. The van der Waals surface area contributed by atoms with Crippen molar-refractivity contribution < 1.29 is 9.13 Å². The summed E-state index contributed by atoms with van der Waals surface area (Å²) in [6.45, 7) is 4.56. The number of aryl methyl sites for hydroxylation is 1. The van der Waals surface area contributed by atoms with E-state index in [0.717, 1.165) is 24.3 Å². The van der Waals surface area contributed by atoms with E-state index in [4.69, 9.17) is 10.5 Å². The summed E-state index contributed by atoms with van der Waals surface area (Å²) in [6, 6.07) is 3.44. The topological polar surface area (TPSA) is 35.2 Å². The second kappa shape index (κ2) is 5.70. The van der Waals surface area contributed by atoms with Crippen LogP contribution in [-0.4, -0.2) is 12.6 Å². The SMILES string of the molecule is CCC(N)Cc1cc(F)c(C)cc1OCC1CC1. The molecule has 0 bridgehead atoms. The summed E-state index contributed by atoms with van der Waals surface area (Å²) in [5.41, 5.74) is 7.48. The molecule has 0 aromatic heterocycles. The van der Waals surface area contributed by atoms with Crippen molar-refractivity contribution in [1.82, 2.24) is 0 Å². The van der Waals surface area contributed by atoms with Gasteiger partial charge in [-0.15, -0.1) is 0 Å². The van der Waals surface area contributed by atoms with Gasteiger partial charge >= 0.3 is 0 Å². The molecule has 1 unspecified atom stereocenters. The van der Waals surface area contributed by atoms with Crippen LogP contribution >= 0.6 is 0 Å². The molecule has 0 radical (unpaired) electrons. The third-order valence-electron chi connectivity index (χ3n) is 3.52. The van der Waals surface area contributed by atoms with Gasteiger partial charge in [-0.05, 0) is 61.8 Å². The summed E-state index contributed by atoms with van der Waals surface area (Å²) in [7, 11) is 0. The number of benzene rings is 1. The van der Waals surface area contributed by atoms with Crippen LogP contribution in [0.4, 0.5) is 4.39 Å². The molecule has 1 aliphatic rings. The van der Waals surface area contributed by atoms with Crippen LogP contribution in [0.25, 0.3) is 0 Å². The van der Waals surface area contributed by atoms with Crippen molar-refractivity contribution in [2.45, 2.75) is 45.6 Å². The molecule has 2 rings (SSSR count). The molecular formula is C15H22FNO. The van der Waals surface area contributed by atoms with Crippen LogP contribution in [0.3, 0.4) is 0 Å². The van der Waals surface area contributed by atoms with E-state index in [0.29, 0.717) is 17.9 Å². The Hall–Kier alpha value is -1.09. The van der Waals surface area contributed by atoms with Crippen molar-refractivity contribution in [3.63, 3.8) is 0 Å². The largest absolute Gasteiger partial charge is 0.493 e. The summed E-state index contributed by atoms with van der Waals surface area (Å²) in [6.07, 6.45) is 4.07. The van der Waals surface area contributed by atoms with Crippen LogP contribution < -0.4 is 10.5 Å². The molecule has 1 fully saturated rings. The third-order valence-corrected chi connectivity index (χ3v) is 3.52. The lowest BCUT2D eigenvalue weighted by atomic mass is 10.0. The molecule has 0 saturated heterocycles. The highest BCUT2D eigenvalue weighted by atomic mass is 19.1. The van der Waals surface area contributed by atoms with E-state index in [2.05, 4.69) is 0 Å². The van der Waals surface area contributed by atoms with Gasteiger partial charge in [0.2, 0.25) is 0 Å². The Bertz CT molecular complexity index is 415. The van der Waals surface area contributed by atoms with Gasteiger partial charge in [-0.2, -0.15) is 0 Å². The van der Waals surface area contributed by atoms with Crippen LogP contribution in [0, 0.1) is 18.7 Å². The zero-order valence-electron chi connectivity index (χ0n) is 11.2. The molecule has 3 heteroatoms. The summed E-state index contributed by atoms with van der Waals surface area (Å²) in [4.78, 5) is 0. The van der Waals surface area contributed by atoms with Crippen LogP contribution in [0.1, 0.15) is 37.3 Å². The molecule has 100 valence electrons. The number of hydrogen-bond donors (Lipinski definition) is 1. The van der Waals surface area contributed by atoms with Gasteiger partial charge < -0.3 is 10.5 Å². The van der Waals surface area contributed by atoms with Crippen LogP contribution in [-0.2, 0) is 6.42 Å². The summed E-state index contributed by atoms with van der Waals surface area (Å²) >= 11 is 0. The molecule has 0 spiro atoms. The number of halogens is 1. The Kier molecular flexibility index (Phi) is 4.23. The van der Waals surface area contributed by atoms with Crippen molar-refractivity contribution >= 4 is 0 Å². The van der Waals surface area contributed by atoms with Crippen LogP contribution in [0.2, 0.25) is 0 Å². The van der Waals surface area contributed by atoms with E-state index in [1.165, 1.54) is 12.8 Å². The molecule has 18 heavy (non-hydrogen) atoms. The van der Waals surface area contributed by atoms with Gasteiger partial charge in [0, 0.05) is 6.04 Å². The quantitative estimate of drug-likeness (QED) is 0.842. The minimum Gasteiger partial charge on any atom is -0.493 e. The van der Waals surface area contributed by atoms with E-state index in [9.17, 15) is 4.39 Å². The van der Waals surface area contributed by atoms with E-state index in [-0.39, 0.29) is 11.9 Å². The Morgan fingerprint density at radius 3 is 2.78 bits per heavy atom. The second-order valence-corrected chi connectivity index (χ2v) is 5.34. The van der Waals surface area contributed by atoms with E-state index in [1.807, 2.05) is 6.92 Å². The van der Waals surface area contributed by atoms with Gasteiger partial charge in [0.15, 0.2) is 0 Å². The normalized spacial score (nSPS) is 16.7. The van der Waals surface area contributed by atoms with Gasteiger partial charge in [-0.25, -0.2) is 4.39 Å². The van der Waals surface area contributed by atoms with Gasteiger partial charge in [0.05, 0.1) is 6.61 Å². The highest BCUT2D eigenvalue weighted by Crippen LogP contribution is 2.31. The first-order chi connectivity index (χ1) is 8.60. The lowest BCUT2D eigenvalue weighted by molar-refractivity contribution is 0.295. The van der Waals surface area contributed by atoms with Crippen molar-refractivity contribution in [3.8, 4) is 5.75 Å². The van der Waals surface area contributed by atoms with Crippen molar-refractivity contribution in [3.05, 3.63) is 29.1 Å². The van der Waals surface area contributed by atoms with Crippen molar-refractivity contribution in [2.75, 3.05) is 6.61 Å². The highest BCUT2D eigenvalue weighted by molar-refractivity contribution is 5.38. The average molecular weight is 251 g/mol. The summed E-state index contributed by atoms with van der Waals surface area (Å²) in [5.74, 6) is 1.33. The first-order valence-electron chi connectivity index (χ1n) is 6.77. The third kappa shape index (κ3) is 3.45.